The number of hydrogen-bond donors (Lipinski definition) is 0. The summed E-state index contributed by atoms with van der Waals surface area (Å²) in [5.74, 6) is 0.745. The average Bonchev–Trinajstić information content (AvgIpc) is 2.97. The van der Waals surface area contributed by atoms with E-state index in [4.69, 9.17) is 13.3 Å². The van der Waals surface area contributed by atoms with E-state index in [2.05, 4.69) is 20.9 Å². The Morgan fingerprint density at radius 3 is 1.64 bits per heavy atom. The van der Waals surface area contributed by atoms with Crippen LogP contribution in [0.25, 0.3) is 4.13 Å². The van der Waals surface area contributed by atoms with Gasteiger partial charge in [0.15, 0.2) is 20.0 Å². The van der Waals surface area contributed by atoms with Crippen molar-refractivity contribution in [1.29, 1.82) is 0 Å². The molecule has 0 aromatic rings. The van der Waals surface area contributed by atoms with Crippen LogP contribution in [0, 0.1) is 5.92 Å². The quantitative estimate of drug-likeness (QED) is 0.244. The lowest BCUT2D eigenvalue weighted by Crippen LogP contribution is -2.62. The summed E-state index contributed by atoms with van der Waals surface area (Å²) in [6, 6.07) is 0.720. The summed E-state index contributed by atoms with van der Waals surface area (Å²) < 4.78 is 127. The minimum Gasteiger partial charge on any atom is -0.421 e. The number of likely N-dealkylation sites (tertiary alicyclic amines) is 1. The number of nitrogens with zero attached hydrogens (tertiary/aromatic N) is 2. The summed E-state index contributed by atoms with van der Waals surface area (Å²) >= 11 is 0. The van der Waals surface area contributed by atoms with E-state index in [-0.39, 0.29) is 0 Å². The Hall–Kier alpha value is -0.503. The Morgan fingerprint density at radius 1 is 0.939 bits per heavy atom. The molecule has 0 saturated carbocycles. The van der Waals surface area contributed by atoms with Gasteiger partial charge in [0.2, 0.25) is 0 Å². The van der Waals surface area contributed by atoms with Gasteiger partial charge in [0.05, 0.1) is 19.6 Å². The zero-order chi connectivity index (χ0) is 26.5. The standard InChI is InChI=1S/C13H30NO3Si.C2F6NO4S2/c1-12(2)10-13-8-7-9-14(13,3)11-18(15-4,16-5)17-6;3-1(4,5)14(10,11)9-15(12,13)2(6,7)8/h12-13H,7-11H2,1-6H3;/q+1;-1. The van der Waals surface area contributed by atoms with E-state index in [1.165, 1.54) is 25.8 Å². The van der Waals surface area contributed by atoms with Crippen molar-refractivity contribution in [2.45, 2.75) is 50.2 Å². The van der Waals surface area contributed by atoms with Gasteiger partial charge in [-0.25, -0.2) is 16.8 Å². The molecule has 9 nitrogen and oxygen atoms in total. The molecule has 1 fully saturated rings. The molecule has 0 aromatic heterocycles. The first-order chi connectivity index (χ1) is 14.6. The van der Waals surface area contributed by atoms with Crippen molar-refractivity contribution in [3.8, 4) is 0 Å². The summed E-state index contributed by atoms with van der Waals surface area (Å²) in [5, 5.41) is 0. The predicted molar refractivity (Wildman–Crippen MR) is 108 cm³/mol. The van der Waals surface area contributed by atoms with Crippen LogP contribution in [0.3, 0.4) is 0 Å². The molecule has 1 aliphatic heterocycles. The maximum Gasteiger partial charge on any atom is 0.558 e. The molecule has 0 aromatic carbocycles. The molecule has 1 heterocycles. The lowest BCUT2D eigenvalue weighted by molar-refractivity contribution is -0.914. The topological polar surface area (TPSA) is 110 Å². The molecule has 0 N–H and O–H groups in total. The van der Waals surface area contributed by atoms with Crippen molar-refractivity contribution in [3.63, 3.8) is 0 Å². The predicted octanol–water partition coefficient (Wildman–Crippen LogP) is 3.12. The van der Waals surface area contributed by atoms with Gasteiger partial charge in [0.1, 0.15) is 6.17 Å². The van der Waals surface area contributed by atoms with Gasteiger partial charge in [-0.3, -0.25) is 0 Å². The number of sulfonamides is 2. The SMILES string of the molecule is CO[Si](C[N+]1(C)CCCC1CC(C)C)(OC)OC.O=S(=O)([N-]S(=O)(=O)C(F)(F)F)C(F)(F)F. The molecular formula is C15H30F6N2O7S2Si. The van der Waals surface area contributed by atoms with Crippen molar-refractivity contribution in [3.05, 3.63) is 4.13 Å². The summed E-state index contributed by atoms with van der Waals surface area (Å²) in [7, 11) is -8.46. The Bertz CT molecular complexity index is 782. The van der Waals surface area contributed by atoms with Crippen LogP contribution >= 0.6 is 0 Å². The van der Waals surface area contributed by atoms with Crippen molar-refractivity contribution < 1.29 is 60.9 Å². The largest absolute Gasteiger partial charge is 0.558 e. The monoisotopic (exact) mass is 556 g/mol. The Balaban J connectivity index is 0.000000633. The first kappa shape index (κ1) is 32.5. The highest BCUT2D eigenvalue weighted by Crippen LogP contribution is 2.36. The van der Waals surface area contributed by atoms with Crippen LogP contribution in [0.2, 0.25) is 0 Å². The molecule has 18 heteroatoms. The fraction of sp³-hybridized carbons (Fsp3) is 1.00. The number of rotatable bonds is 9. The molecule has 33 heavy (non-hydrogen) atoms. The Labute approximate surface area is 191 Å². The highest BCUT2D eigenvalue weighted by atomic mass is 32.3. The molecule has 2 atom stereocenters. The highest BCUT2D eigenvalue weighted by molar-refractivity contribution is 8.13. The summed E-state index contributed by atoms with van der Waals surface area (Å²) in [6.45, 7) is 5.81. The molecule has 1 aliphatic rings. The van der Waals surface area contributed by atoms with E-state index in [1.54, 1.807) is 21.3 Å². The Morgan fingerprint density at radius 2 is 1.33 bits per heavy atom. The minimum atomic E-state index is -6.72. The molecule has 0 radical (unpaired) electrons. The van der Waals surface area contributed by atoms with Crippen molar-refractivity contribution in [2.24, 2.45) is 5.92 Å². The fourth-order valence-electron chi connectivity index (χ4n) is 3.41. The van der Waals surface area contributed by atoms with Crippen LogP contribution in [-0.4, -0.2) is 88.3 Å². The van der Waals surface area contributed by atoms with Crippen LogP contribution in [0.15, 0.2) is 0 Å². The van der Waals surface area contributed by atoms with E-state index in [1.807, 2.05) is 0 Å². The first-order valence-electron chi connectivity index (χ1n) is 9.48. The third-order valence-corrected chi connectivity index (χ3v) is 10.8. The lowest BCUT2D eigenvalue weighted by Gasteiger charge is -2.40. The highest BCUT2D eigenvalue weighted by Gasteiger charge is 2.51. The van der Waals surface area contributed by atoms with Gasteiger partial charge in [-0.1, -0.05) is 13.8 Å². The maximum absolute atomic E-state index is 11.4. The van der Waals surface area contributed by atoms with Crippen molar-refractivity contribution in [1.82, 2.24) is 0 Å². The van der Waals surface area contributed by atoms with Crippen LogP contribution in [0.5, 0.6) is 0 Å². The third kappa shape index (κ3) is 8.90. The molecule has 0 amide bonds. The molecule has 200 valence electrons. The number of quaternary nitrogens is 1. The maximum atomic E-state index is 11.4. The van der Waals surface area contributed by atoms with Gasteiger partial charge in [-0.2, -0.15) is 26.3 Å². The summed E-state index contributed by atoms with van der Waals surface area (Å²) in [6.07, 6.45) is 4.78. The molecule has 1 saturated heterocycles. The number of alkyl halides is 6. The van der Waals surface area contributed by atoms with Gasteiger partial charge in [0, 0.05) is 40.6 Å². The van der Waals surface area contributed by atoms with E-state index in [0.29, 0.717) is 0 Å². The number of hydrogen-bond acceptors (Lipinski definition) is 7. The van der Waals surface area contributed by atoms with Crippen LogP contribution in [-0.2, 0) is 33.3 Å². The summed E-state index contributed by atoms with van der Waals surface area (Å²) in [5.41, 5.74) is -12.4. The zero-order valence-corrected chi connectivity index (χ0v) is 21.7. The first-order valence-corrected chi connectivity index (χ1v) is 14.3. The van der Waals surface area contributed by atoms with E-state index >= 15 is 0 Å². The molecule has 2 unspecified atom stereocenters. The van der Waals surface area contributed by atoms with Gasteiger partial charge in [-0.05, 0) is 5.92 Å². The second kappa shape index (κ2) is 11.5. The van der Waals surface area contributed by atoms with E-state index < -0.39 is 39.9 Å². The smallest absolute Gasteiger partial charge is 0.421 e. The molecular weight excluding hydrogens is 526 g/mol. The van der Waals surface area contributed by atoms with Gasteiger partial charge < -0.3 is 21.9 Å². The minimum absolute atomic E-state index is 0.720. The molecule has 1 rings (SSSR count). The van der Waals surface area contributed by atoms with E-state index in [9.17, 15) is 43.2 Å². The van der Waals surface area contributed by atoms with Crippen LogP contribution < -0.4 is 0 Å². The van der Waals surface area contributed by atoms with Gasteiger partial charge in [0.25, 0.3) is 0 Å². The van der Waals surface area contributed by atoms with Gasteiger partial charge >= 0.3 is 19.8 Å². The van der Waals surface area contributed by atoms with Crippen LogP contribution in [0.1, 0.15) is 33.1 Å². The molecule has 0 spiro atoms. The van der Waals surface area contributed by atoms with E-state index in [0.717, 1.165) is 26.7 Å². The normalized spacial score (nSPS) is 22.9. The third-order valence-electron chi connectivity index (χ3n) is 5.10. The summed E-state index contributed by atoms with van der Waals surface area (Å²) in [4.78, 5) is 0. The molecule has 0 bridgehead atoms. The van der Waals surface area contributed by atoms with Crippen LogP contribution in [0.4, 0.5) is 26.3 Å². The van der Waals surface area contributed by atoms with Crippen molar-refractivity contribution >= 4 is 28.9 Å². The average molecular weight is 557 g/mol. The second-order valence-electron chi connectivity index (χ2n) is 8.00. The van der Waals surface area contributed by atoms with Gasteiger partial charge in [-0.15, -0.1) is 0 Å². The second-order valence-corrected chi connectivity index (χ2v) is 14.3. The lowest BCUT2D eigenvalue weighted by atomic mass is 10.0. The Kier molecular flexibility index (Phi) is 11.3. The number of halogens is 6. The fourth-order valence-corrected chi connectivity index (χ4v) is 7.30. The molecule has 0 aliphatic carbocycles. The zero-order valence-electron chi connectivity index (χ0n) is 19.0. The van der Waals surface area contributed by atoms with Crippen molar-refractivity contribution in [2.75, 3.05) is 41.1 Å².